The molecule has 0 unspecified atom stereocenters. The second kappa shape index (κ2) is 6.01. The number of hydrogen-bond acceptors (Lipinski definition) is 3. The van der Waals surface area contributed by atoms with Crippen molar-refractivity contribution in [1.82, 2.24) is 5.32 Å². The molecule has 0 aliphatic rings. The first-order valence-corrected chi connectivity index (χ1v) is 7.19. The zero-order valence-corrected chi connectivity index (χ0v) is 12.5. The second-order valence-electron chi connectivity index (χ2n) is 3.64. The second-order valence-corrected chi connectivity index (χ2v) is 5.86. The number of hydrogen-bond donors (Lipinski definition) is 2. The molecule has 0 radical (unpaired) electrons. The molecule has 2 rings (SSSR count). The molecule has 0 bridgehead atoms. The van der Waals surface area contributed by atoms with E-state index in [0.717, 1.165) is 4.88 Å². The van der Waals surface area contributed by atoms with Gasteiger partial charge in [-0.15, -0.1) is 11.3 Å². The van der Waals surface area contributed by atoms with Gasteiger partial charge in [0.05, 0.1) is 21.6 Å². The van der Waals surface area contributed by atoms with Crippen molar-refractivity contribution < 1.29 is 9.90 Å². The van der Waals surface area contributed by atoms with Crippen molar-refractivity contribution >= 4 is 52.0 Å². The zero-order valence-electron chi connectivity index (χ0n) is 9.41. The fourth-order valence-electron chi connectivity index (χ4n) is 1.46. The minimum Gasteiger partial charge on any atom is -0.505 e. The number of carbonyl (C=O) groups excluding carboxylic acids is 1. The first kappa shape index (κ1) is 14.5. The summed E-state index contributed by atoms with van der Waals surface area (Å²) in [6.07, 6.45) is 0. The predicted octanol–water partition coefficient (Wildman–Crippen LogP) is 4.34. The van der Waals surface area contributed by atoms with Crippen LogP contribution in [0, 0.1) is 0 Å². The van der Waals surface area contributed by atoms with Gasteiger partial charge < -0.3 is 10.4 Å². The van der Waals surface area contributed by atoms with Crippen molar-refractivity contribution in [3.8, 4) is 5.75 Å². The molecule has 1 aromatic carbocycles. The Bertz CT molecular complexity index is 588. The highest BCUT2D eigenvalue weighted by molar-refractivity contribution is 7.09. The number of nitrogens with one attached hydrogen (secondary N) is 1. The molecule has 0 atom stereocenters. The van der Waals surface area contributed by atoms with Gasteiger partial charge in [-0.3, -0.25) is 4.79 Å². The van der Waals surface area contributed by atoms with Gasteiger partial charge in [0.15, 0.2) is 0 Å². The highest BCUT2D eigenvalue weighted by atomic mass is 35.5. The van der Waals surface area contributed by atoms with Crippen LogP contribution in [-0.4, -0.2) is 11.0 Å². The van der Waals surface area contributed by atoms with Crippen LogP contribution in [0.4, 0.5) is 0 Å². The van der Waals surface area contributed by atoms with Crippen molar-refractivity contribution in [2.75, 3.05) is 0 Å². The van der Waals surface area contributed by atoms with Gasteiger partial charge in [0.2, 0.25) is 0 Å². The molecule has 2 N–H and O–H groups in total. The summed E-state index contributed by atoms with van der Waals surface area (Å²) in [5.41, 5.74) is -0.115. The van der Waals surface area contributed by atoms with Crippen LogP contribution >= 0.6 is 46.1 Å². The predicted molar refractivity (Wildman–Crippen MR) is 78.6 cm³/mol. The maximum atomic E-state index is 12.0. The Morgan fingerprint density at radius 2 is 2.05 bits per heavy atom. The molecule has 0 spiro atoms. The molecule has 0 saturated carbocycles. The number of benzene rings is 1. The standard InChI is InChI=1S/C12H8Cl3NO2S/c13-7-4-8(14)11(17)9(10(7)15)12(18)16-5-6-2-1-3-19-6/h1-4,17H,5H2,(H,16,18). The van der Waals surface area contributed by atoms with Crippen LogP contribution in [0.25, 0.3) is 0 Å². The van der Waals surface area contributed by atoms with Crippen LogP contribution in [0.5, 0.6) is 5.75 Å². The van der Waals surface area contributed by atoms with Crippen LogP contribution in [0.1, 0.15) is 15.2 Å². The monoisotopic (exact) mass is 335 g/mol. The summed E-state index contributed by atoms with van der Waals surface area (Å²) in [4.78, 5) is 13.0. The Morgan fingerprint density at radius 1 is 1.32 bits per heavy atom. The van der Waals surface area contributed by atoms with Gasteiger partial charge in [0, 0.05) is 4.88 Å². The Kier molecular flexibility index (Phi) is 4.58. The molecule has 1 amide bonds. The molecule has 7 heteroatoms. The summed E-state index contributed by atoms with van der Waals surface area (Å²) < 4.78 is 0. The summed E-state index contributed by atoms with van der Waals surface area (Å²) in [6.45, 7) is 0.344. The van der Waals surface area contributed by atoms with E-state index in [-0.39, 0.29) is 26.4 Å². The maximum Gasteiger partial charge on any atom is 0.256 e. The van der Waals surface area contributed by atoms with Gasteiger partial charge in [0.1, 0.15) is 11.3 Å². The van der Waals surface area contributed by atoms with Crippen LogP contribution in [0.3, 0.4) is 0 Å². The molecule has 2 aromatic rings. The lowest BCUT2D eigenvalue weighted by molar-refractivity contribution is 0.0949. The highest BCUT2D eigenvalue weighted by Crippen LogP contribution is 2.38. The van der Waals surface area contributed by atoms with Crippen LogP contribution in [0.2, 0.25) is 15.1 Å². The van der Waals surface area contributed by atoms with Gasteiger partial charge >= 0.3 is 0 Å². The lowest BCUT2D eigenvalue weighted by atomic mass is 10.2. The van der Waals surface area contributed by atoms with Gasteiger partial charge in [-0.05, 0) is 17.5 Å². The van der Waals surface area contributed by atoms with Crippen LogP contribution in [-0.2, 0) is 6.54 Å². The number of halogens is 3. The van der Waals surface area contributed by atoms with E-state index in [1.807, 2.05) is 17.5 Å². The SMILES string of the molecule is O=C(NCc1cccs1)c1c(O)c(Cl)cc(Cl)c1Cl. The number of phenolic OH excluding ortho intramolecular Hbond substituents is 1. The van der Waals surface area contributed by atoms with Gasteiger partial charge in [-0.1, -0.05) is 40.9 Å². The molecular formula is C12H8Cl3NO2S. The molecule has 3 nitrogen and oxygen atoms in total. The number of thiophene rings is 1. The molecular weight excluding hydrogens is 329 g/mol. The largest absolute Gasteiger partial charge is 0.505 e. The Balaban J connectivity index is 2.24. The Labute approximate surface area is 128 Å². The molecule has 0 aliphatic heterocycles. The van der Waals surface area contributed by atoms with E-state index < -0.39 is 5.91 Å². The van der Waals surface area contributed by atoms with Gasteiger partial charge in [0.25, 0.3) is 5.91 Å². The summed E-state index contributed by atoms with van der Waals surface area (Å²) in [5.74, 6) is -0.903. The van der Waals surface area contributed by atoms with Gasteiger partial charge in [-0.25, -0.2) is 0 Å². The summed E-state index contributed by atoms with van der Waals surface area (Å²) >= 11 is 19.0. The van der Waals surface area contributed by atoms with Crippen molar-refractivity contribution in [2.45, 2.75) is 6.54 Å². The van der Waals surface area contributed by atoms with E-state index in [1.165, 1.54) is 17.4 Å². The molecule has 1 heterocycles. The lowest BCUT2D eigenvalue weighted by Gasteiger charge is -2.10. The highest BCUT2D eigenvalue weighted by Gasteiger charge is 2.20. The van der Waals surface area contributed by atoms with E-state index >= 15 is 0 Å². The van der Waals surface area contributed by atoms with Crippen LogP contribution in [0.15, 0.2) is 23.6 Å². The number of rotatable bonds is 3. The lowest BCUT2D eigenvalue weighted by Crippen LogP contribution is -2.23. The fraction of sp³-hybridized carbons (Fsp3) is 0.0833. The molecule has 1 aromatic heterocycles. The van der Waals surface area contributed by atoms with E-state index in [1.54, 1.807) is 0 Å². The minimum atomic E-state index is -0.527. The zero-order chi connectivity index (χ0) is 14.0. The molecule has 100 valence electrons. The molecule has 0 fully saturated rings. The average Bonchev–Trinajstić information content (AvgIpc) is 2.87. The first-order chi connectivity index (χ1) is 9.00. The fourth-order valence-corrected chi connectivity index (χ4v) is 2.80. The third kappa shape index (κ3) is 3.15. The van der Waals surface area contributed by atoms with E-state index in [2.05, 4.69) is 5.32 Å². The number of aromatic hydroxyl groups is 1. The van der Waals surface area contributed by atoms with E-state index in [9.17, 15) is 9.90 Å². The average molecular weight is 337 g/mol. The Morgan fingerprint density at radius 3 is 2.68 bits per heavy atom. The summed E-state index contributed by atoms with van der Waals surface area (Å²) in [5, 5.41) is 14.4. The third-order valence-corrected chi connectivity index (χ3v) is 4.33. The normalized spacial score (nSPS) is 10.5. The minimum absolute atomic E-state index is 0.0179. The Hall–Kier alpha value is -0.940. The molecule has 0 saturated heterocycles. The molecule has 0 aliphatic carbocycles. The van der Waals surface area contributed by atoms with Crippen molar-refractivity contribution in [3.63, 3.8) is 0 Å². The van der Waals surface area contributed by atoms with Crippen molar-refractivity contribution in [3.05, 3.63) is 49.1 Å². The number of phenols is 1. The number of carbonyl (C=O) groups is 1. The third-order valence-electron chi connectivity index (χ3n) is 2.38. The maximum absolute atomic E-state index is 12.0. The number of amides is 1. The smallest absolute Gasteiger partial charge is 0.256 e. The van der Waals surface area contributed by atoms with Crippen LogP contribution < -0.4 is 5.32 Å². The summed E-state index contributed by atoms with van der Waals surface area (Å²) in [7, 11) is 0. The topological polar surface area (TPSA) is 49.3 Å². The van der Waals surface area contributed by atoms with Crippen molar-refractivity contribution in [1.29, 1.82) is 0 Å². The molecule has 19 heavy (non-hydrogen) atoms. The summed E-state index contributed by atoms with van der Waals surface area (Å²) in [6, 6.07) is 5.06. The van der Waals surface area contributed by atoms with Crippen molar-refractivity contribution in [2.24, 2.45) is 0 Å². The van der Waals surface area contributed by atoms with E-state index in [0.29, 0.717) is 6.54 Å². The van der Waals surface area contributed by atoms with E-state index in [4.69, 9.17) is 34.8 Å². The quantitative estimate of drug-likeness (QED) is 0.819. The van der Waals surface area contributed by atoms with Gasteiger partial charge in [-0.2, -0.15) is 0 Å². The first-order valence-electron chi connectivity index (χ1n) is 5.17.